The van der Waals surface area contributed by atoms with Crippen LogP contribution in [0.25, 0.3) is 0 Å². The Morgan fingerprint density at radius 3 is 0.889 bits per heavy atom. The molecule has 0 aromatic heterocycles. The summed E-state index contributed by atoms with van der Waals surface area (Å²) < 4.78 is 34.3. The lowest BCUT2D eigenvalue weighted by molar-refractivity contribution is -0.870. The molecular formula is C80H138NO8P. The van der Waals surface area contributed by atoms with Crippen molar-refractivity contribution in [3.63, 3.8) is 0 Å². The Hall–Kier alpha value is -3.85. The van der Waals surface area contributed by atoms with Gasteiger partial charge in [0.25, 0.3) is 7.82 Å². The zero-order valence-corrected chi connectivity index (χ0v) is 59.7. The third-order valence-corrected chi connectivity index (χ3v) is 16.6. The lowest BCUT2D eigenvalue weighted by Crippen LogP contribution is -2.37. The molecule has 0 aromatic carbocycles. The van der Waals surface area contributed by atoms with E-state index in [-0.39, 0.29) is 32.0 Å². The second kappa shape index (κ2) is 69.5. The van der Waals surface area contributed by atoms with Crippen LogP contribution in [0.3, 0.4) is 0 Å². The van der Waals surface area contributed by atoms with Crippen molar-refractivity contribution in [3.05, 3.63) is 134 Å². The Labute approximate surface area is 555 Å². The van der Waals surface area contributed by atoms with Gasteiger partial charge in [-0.05, 0) is 109 Å². The van der Waals surface area contributed by atoms with Crippen molar-refractivity contribution >= 4 is 19.8 Å². The molecule has 0 saturated heterocycles. The first-order chi connectivity index (χ1) is 44.0. The zero-order chi connectivity index (χ0) is 65.5. The fourth-order valence-electron chi connectivity index (χ4n) is 10.1. The Balaban J connectivity index is 3.99. The Morgan fingerprint density at radius 1 is 0.344 bits per heavy atom. The standard InChI is InChI=1S/C80H138NO8P/c1-6-8-10-12-14-16-18-20-22-24-26-28-30-32-34-35-36-37-38-39-40-41-42-43-44-45-47-48-50-52-54-56-58-60-62-64-66-68-70-72-79(82)86-76-78(77-88-90(84,85)87-75-74-81(3,4)5)89-80(83)73-71-69-67-65-63-61-59-57-55-53-51-49-46-33-31-29-27-25-23-21-19-17-15-13-11-9-7-2/h8-11,14-17,20-23,26-29,32-34,46,51,53,78H,6-7,12-13,18-19,24-25,30-31,35-45,47-50,52,54-77H2,1-5H3/b10-8-,11-9-,16-14-,17-15-,22-20-,23-21-,28-26-,29-27-,34-32-,46-33-,53-51-. The van der Waals surface area contributed by atoms with Gasteiger partial charge in [-0.3, -0.25) is 14.2 Å². The van der Waals surface area contributed by atoms with Crippen LogP contribution in [0.1, 0.15) is 309 Å². The van der Waals surface area contributed by atoms with Crippen molar-refractivity contribution in [1.82, 2.24) is 0 Å². The minimum absolute atomic E-state index is 0.0369. The number of allylic oxidation sites excluding steroid dienone is 22. The fraction of sp³-hybridized carbons (Fsp3) is 0.700. The quantitative estimate of drug-likeness (QED) is 0.0195. The number of nitrogens with zero attached hydrogens (tertiary/aromatic N) is 1. The summed E-state index contributed by atoms with van der Waals surface area (Å²) in [6.07, 6.45) is 101. The number of carbonyl (C=O) groups is 2. The molecule has 516 valence electrons. The van der Waals surface area contributed by atoms with Gasteiger partial charge in [0.1, 0.15) is 19.8 Å². The van der Waals surface area contributed by atoms with E-state index in [2.05, 4.69) is 148 Å². The molecule has 0 aliphatic carbocycles. The molecule has 90 heavy (non-hydrogen) atoms. The third-order valence-electron chi connectivity index (χ3n) is 15.7. The maximum atomic E-state index is 12.9. The number of likely N-dealkylation sites (N-methyl/N-ethyl adjacent to an activating group) is 1. The number of quaternary nitrogens is 1. The number of carbonyl (C=O) groups excluding carboxylic acids is 2. The van der Waals surface area contributed by atoms with Crippen LogP contribution in [0.15, 0.2) is 134 Å². The summed E-state index contributed by atoms with van der Waals surface area (Å²) in [6.45, 7) is 4.02. The first-order valence-corrected chi connectivity index (χ1v) is 38.4. The van der Waals surface area contributed by atoms with Crippen LogP contribution in [0.2, 0.25) is 0 Å². The van der Waals surface area contributed by atoms with Gasteiger partial charge in [-0.1, -0.05) is 321 Å². The number of hydrogen-bond donors (Lipinski definition) is 0. The summed E-state index contributed by atoms with van der Waals surface area (Å²) in [7, 11) is 1.16. The maximum absolute atomic E-state index is 12.9. The van der Waals surface area contributed by atoms with Gasteiger partial charge in [0.05, 0.1) is 27.7 Å². The molecule has 0 aliphatic rings. The highest BCUT2D eigenvalue weighted by atomic mass is 31.2. The molecule has 2 atom stereocenters. The fourth-order valence-corrected chi connectivity index (χ4v) is 10.8. The first-order valence-electron chi connectivity index (χ1n) is 36.9. The number of ether oxygens (including phenoxy) is 2. The number of rotatable bonds is 67. The number of hydrogen-bond acceptors (Lipinski definition) is 8. The number of phosphoric acid groups is 1. The highest BCUT2D eigenvalue weighted by Crippen LogP contribution is 2.38. The van der Waals surface area contributed by atoms with Gasteiger partial charge in [0, 0.05) is 12.8 Å². The van der Waals surface area contributed by atoms with Crippen LogP contribution in [-0.2, 0) is 32.7 Å². The van der Waals surface area contributed by atoms with Crippen LogP contribution in [0.5, 0.6) is 0 Å². The predicted octanol–water partition coefficient (Wildman–Crippen LogP) is 23.8. The van der Waals surface area contributed by atoms with Gasteiger partial charge in [-0.2, -0.15) is 0 Å². The van der Waals surface area contributed by atoms with Crippen LogP contribution in [0.4, 0.5) is 0 Å². The monoisotopic (exact) mass is 1270 g/mol. The van der Waals surface area contributed by atoms with Crippen LogP contribution >= 0.6 is 7.82 Å². The number of phosphoric ester groups is 1. The van der Waals surface area contributed by atoms with E-state index in [0.29, 0.717) is 17.4 Å². The summed E-state index contributed by atoms with van der Waals surface area (Å²) in [6, 6.07) is 0. The first kappa shape index (κ1) is 86.2. The lowest BCUT2D eigenvalue weighted by Gasteiger charge is -2.28. The molecule has 10 heteroatoms. The smallest absolute Gasteiger partial charge is 0.306 e. The molecule has 0 N–H and O–H groups in total. The zero-order valence-electron chi connectivity index (χ0n) is 58.8. The summed E-state index contributed by atoms with van der Waals surface area (Å²) in [5.74, 6) is -0.838. The molecule has 0 amide bonds. The van der Waals surface area contributed by atoms with E-state index in [1.165, 1.54) is 161 Å². The average Bonchev–Trinajstić information content (AvgIpc) is 3.61. The van der Waals surface area contributed by atoms with Crippen molar-refractivity contribution in [1.29, 1.82) is 0 Å². The molecule has 9 nitrogen and oxygen atoms in total. The topological polar surface area (TPSA) is 111 Å². The van der Waals surface area contributed by atoms with Gasteiger partial charge in [-0.15, -0.1) is 0 Å². The summed E-state index contributed by atoms with van der Waals surface area (Å²) >= 11 is 0. The van der Waals surface area contributed by atoms with Crippen LogP contribution < -0.4 is 4.89 Å². The number of unbranched alkanes of at least 4 members (excludes halogenated alkanes) is 31. The molecule has 0 spiro atoms. The average molecular weight is 1270 g/mol. The molecule has 0 heterocycles. The third kappa shape index (κ3) is 73.2. The number of esters is 2. The van der Waals surface area contributed by atoms with Crippen molar-refractivity contribution in [2.24, 2.45) is 0 Å². The van der Waals surface area contributed by atoms with E-state index >= 15 is 0 Å². The highest BCUT2D eigenvalue weighted by molar-refractivity contribution is 7.45. The van der Waals surface area contributed by atoms with Crippen molar-refractivity contribution in [3.8, 4) is 0 Å². The lowest BCUT2D eigenvalue weighted by atomic mass is 10.0. The molecule has 0 bridgehead atoms. The van der Waals surface area contributed by atoms with E-state index in [9.17, 15) is 19.0 Å². The van der Waals surface area contributed by atoms with Crippen molar-refractivity contribution < 1.29 is 42.1 Å². The van der Waals surface area contributed by atoms with E-state index in [0.717, 1.165) is 116 Å². The second-order valence-electron chi connectivity index (χ2n) is 25.5. The van der Waals surface area contributed by atoms with Gasteiger partial charge in [0.15, 0.2) is 6.10 Å². The van der Waals surface area contributed by atoms with E-state index in [1.54, 1.807) is 0 Å². The second-order valence-corrected chi connectivity index (χ2v) is 27.0. The minimum atomic E-state index is -4.65. The molecule has 0 fully saturated rings. The molecule has 0 radical (unpaired) electrons. The maximum Gasteiger partial charge on any atom is 0.306 e. The van der Waals surface area contributed by atoms with E-state index < -0.39 is 26.5 Å². The van der Waals surface area contributed by atoms with Crippen molar-refractivity contribution in [2.45, 2.75) is 315 Å². The highest BCUT2D eigenvalue weighted by Gasteiger charge is 2.22. The van der Waals surface area contributed by atoms with Crippen LogP contribution in [-0.4, -0.2) is 70.0 Å². The predicted molar refractivity (Wildman–Crippen MR) is 388 cm³/mol. The van der Waals surface area contributed by atoms with Crippen molar-refractivity contribution in [2.75, 3.05) is 47.5 Å². The van der Waals surface area contributed by atoms with Gasteiger partial charge in [0.2, 0.25) is 0 Å². The van der Waals surface area contributed by atoms with E-state index in [4.69, 9.17) is 18.5 Å². The molecule has 0 aromatic rings. The van der Waals surface area contributed by atoms with Gasteiger partial charge >= 0.3 is 11.9 Å². The van der Waals surface area contributed by atoms with E-state index in [1.807, 2.05) is 21.1 Å². The molecular weight excluding hydrogens is 1130 g/mol. The molecule has 0 rings (SSSR count). The van der Waals surface area contributed by atoms with Gasteiger partial charge < -0.3 is 27.9 Å². The van der Waals surface area contributed by atoms with Gasteiger partial charge in [-0.25, -0.2) is 0 Å². The molecule has 2 unspecified atom stereocenters. The molecule has 0 aliphatic heterocycles. The largest absolute Gasteiger partial charge is 0.756 e. The summed E-state index contributed by atoms with van der Waals surface area (Å²) in [4.78, 5) is 38.1. The minimum Gasteiger partial charge on any atom is -0.756 e. The van der Waals surface area contributed by atoms with Crippen LogP contribution in [0, 0.1) is 0 Å². The SMILES string of the molecule is CC/C=C\C/C=C\C/C=C\C/C=C\C/C=C\C/C=C\CCCCCCCCCCC(=O)OC(COC(=O)CCCCCCCCCCCCCCCCCCCCCCCCC/C=C\C/C=C\C/C=C\C/C=C\C/C=C\CC)COP(=O)([O-])OCC[N+](C)(C)C. The Bertz CT molecular complexity index is 1980. The molecule has 0 saturated carbocycles. The Kier molecular flexibility index (Phi) is 66.5. The summed E-state index contributed by atoms with van der Waals surface area (Å²) in [5.41, 5.74) is 0. The Morgan fingerprint density at radius 2 is 0.600 bits per heavy atom. The summed E-state index contributed by atoms with van der Waals surface area (Å²) in [5, 5.41) is 0. The normalized spacial score (nSPS) is 13.9.